The van der Waals surface area contributed by atoms with Gasteiger partial charge in [0.05, 0.1) is 11.4 Å². The van der Waals surface area contributed by atoms with Crippen molar-refractivity contribution in [3.63, 3.8) is 0 Å². The fourth-order valence-corrected chi connectivity index (χ4v) is 2.93. The van der Waals surface area contributed by atoms with Crippen LogP contribution in [0.5, 0.6) is 0 Å². The second-order valence-electron chi connectivity index (χ2n) is 4.51. The molecule has 2 rings (SSSR count). The summed E-state index contributed by atoms with van der Waals surface area (Å²) in [5.41, 5.74) is 7.48. The molecule has 0 amide bonds. The molecule has 0 atom stereocenters. The second-order valence-corrected chi connectivity index (χ2v) is 6.19. The molecule has 0 saturated heterocycles. The van der Waals surface area contributed by atoms with Crippen LogP contribution in [-0.2, 0) is 10.0 Å². The van der Waals surface area contributed by atoms with Crippen LogP contribution in [0.15, 0.2) is 53.4 Å². The lowest BCUT2D eigenvalue weighted by Gasteiger charge is -2.08. The summed E-state index contributed by atoms with van der Waals surface area (Å²) in [4.78, 5) is 0.245. The summed E-state index contributed by atoms with van der Waals surface area (Å²) in [6.07, 6.45) is 0. The number of nitrogens with one attached hydrogen (secondary N) is 1. The SMILES string of the molecule is Cc1cccc(S(=O)(=O)Nc2ccc(C#CCN)cc2)c1. The minimum atomic E-state index is -3.57. The summed E-state index contributed by atoms with van der Waals surface area (Å²) in [5, 5.41) is 0. The number of anilines is 1. The molecule has 0 saturated carbocycles. The van der Waals surface area contributed by atoms with E-state index in [0.29, 0.717) is 12.2 Å². The third-order valence-corrected chi connectivity index (χ3v) is 4.15. The molecule has 2 aromatic rings. The van der Waals surface area contributed by atoms with Gasteiger partial charge >= 0.3 is 0 Å². The number of rotatable bonds is 3. The van der Waals surface area contributed by atoms with Gasteiger partial charge in [0.25, 0.3) is 10.0 Å². The van der Waals surface area contributed by atoms with E-state index in [1.807, 2.05) is 13.0 Å². The highest BCUT2D eigenvalue weighted by Crippen LogP contribution is 2.17. The van der Waals surface area contributed by atoms with E-state index in [2.05, 4.69) is 16.6 Å². The van der Waals surface area contributed by atoms with Crippen LogP contribution in [0.2, 0.25) is 0 Å². The Hall–Kier alpha value is -2.29. The molecule has 4 nitrogen and oxygen atoms in total. The van der Waals surface area contributed by atoms with Crippen molar-refractivity contribution < 1.29 is 8.42 Å². The van der Waals surface area contributed by atoms with E-state index < -0.39 is 10.0 Å². The van der Waals surface area contributed by atoms with E-state index in [-0.39, 0.29) is 4.90 Å². The first kappa shape index (κ1) is 15.1. The van der Waals surface area contributed by atoms with Crippen molar-refractivity contribution in [2.45, 2.75) is 11.8 Å². The highest BCUT2D eigenvalue weighted by Gasteiger charge is 2.13. The Morgan fingerprint density at radius 3 is 2.48 bits per heavy atom. The van der Waals surface area contributed by atoms with E-state index in [1.165, 1.54) is 0 Å². The van der Waals surface area contributed by atoms with Gasteiger partial charge in [0.1, 0.15) is 0 Å². The summed E-state index contributed by atoms with van der Waals surface area (Å²) < 4.78 is 27.1. The molecule has 3 N–H and O–H groups in total. The van der Waals surface area contributed by atoms with Crippen LogP contribution in [0, 0.1) is 18.8 Å². The summed E-state index contributed by atoms with van der Waals surface area (Å²) >= 11 is 0. The van der Waals surface area contributed by atoms with Gasteiger partial charge in [0.15, 0.2) is 0 Å². The third-order valence-electron chi connectivity index (χ3n) is 2.77. The first-order valence-electron chi connectivity index (χ1n) is 6.40. The molecule has 0 heterocycles. The van der Waals surface area contributed by atoms with Gasteiger partial charge in [-0.15, -0.1) is 0 Å². The maximum atomic E-state index is 12.3. The molecule has 21 heavy (non-hydrogen) atoms. The van der Waals surface area contributed by atoms with Crippen LogP contribution in [0.25, 0.3) is 0 Å². The summed E-state index contributed by atoms with van der Waals surface area (Å²) in [6, 6.07) is 13.6. The van der Waals surface area contributed by atoms with Crippen molar-refractivity contribution in [2.24, 2.45) is 5.73 Å². The van der Waals surface area contributed by atoms with E-state index in [0.717, 1.165) is 11.1 Å². The van der Waals surface area contributed by atoms with Crippen LogP contribution in [0.1, 0.15) is 11.1 Å². The van der Waals surface area contributed by atoms with E-state index >= 15 is 0 Å². The topological polar surface area (TPSA) is 72.2 Å². The van der Waals surface area contributed by atoms with Crippen LogP contribution in [0.4, 0.5) is 5.69 Å². The van der Waals surface area contributed by atoms with Crippen molar-refractivity contribution in [1.82, 2.24) is 0 Å². The van der Waals surface area contributed by atoms with Crippen LogP contribution < -0.4 is 10.5 Å². The summed E-state index contributed by atoms with van der Waals surface area (Å²) in [6.45, 7) is 2.14. The second kappa shape index (κ2) is 6.44. The van der Waals surface area contributed by atoms with Crippen molar-refractivity contribution in [3.8, 4) is 11.8 Å². The van der Waals surface area contributed by atoms with E-state index in [9.17, 15) is 8.42 Å². The molecule has 0 aliphatic rings. The maximum Gasteiger partial charge on any atom is 0.261 e. The monoisotopic (exact) mass is 300 g/mol. The Labute approximate surface area is 125 Å². The van der Waals surface area contributed by atoms with Gasteiger partial charge < -0.3 is 5.73 Å². The van der Waals surface area contributed by atoms with Gasteiger partial charge in [-0.1, -0.05) is 24.0 Å². The Balaban J connectivity index is 2.21. The number of hydrogen-bond donors (Lipinski definition) is 2. The van der Waals surface area contributed by atoms with Gasteiger partial charge in [0.2, 0.25) is 0 Å². The zero-order chi connectivity index (χ0) is 15.3. The van der Waals surface area contributed by atoms with Crippen molar-refractivity contribution in [2.75, 3.05) is 11.3 Å². The first-order valence-corrected chi connectivity index (χ1v) is 7.88. The van der Waals surface area contributed by atoms with Crippen molar-refractivity contribution in [1.29, 1.82) is 0 Å². The Morgan fingerprint density at radius 1 is 1.14 bits per heavy atom. The average molecular weight is 300 g/mol. The van der Waals surface area contributed by atoms with Gasteiger partial charge in [-0.25, -0.2) is 8.42 Å². The lowest BCUT2D eigenvalue weighted by atomic mass is 10.2. The highest BCUT2D eigenvalue weighted by molar-refractivity contribution is 7.92. The Bertz CT molecular complexity index is 785. The molecule has 0 bridgehead atoms. The number of sulfonamides is 1. The molecule has 0 aliphatic heterocycles. The third kappa shape index (κ3) is 4.09. The molecule has 0 aliphatic carbocycles. The molecule has 0 radical (unpaired) electrons. The van der Waals surface area contributed by atoms with Gasteiger partial charge in [-0.2, -0.15) is 0 Å². The fraction of sp³-hybridized carbons (Fsp3) is 0.125. The van der Waals surface area contributed by atoms with Gasteiger partial charge in [0, 0.05) is 11.3 Å². The minimum Gasteiger partial charge on any atom is -0.320 e. The zero-order valence-corrected chi connectivity index (χ0v) is 12.4. The smallest absolute Gasteiger partial charge is 0.261 e. The molecule has 5 heteroatoms. The maximum absolute atomic E-state index is 12.3. The van der Waals surface area contributed by atoms with Gasteiger partial charge in [-0.3, -0.25) is 4.72 Å². The van der Waals surface area contributed by atoms with Crippen LogP contribution >= 0.6 is 0 Å². The Morgan fingerprint density at radius 2 is 1.86 bits per heavy atom. The highest BCUT2D eigenvalue weighted by atomic mass is 32.2. The molecule has 2 aromatic carbocycles. The number of nitrogens with two attached hydrogens (primary N) is 1. The normalized spacial score (nSPS) is 10.6. The molecule has 108 valence electrons. The molecule has 0 aromatic heterocycles. The molecule has 0 fully saturated rings. The van der Waals surface area contributed by atoms with E-state index in [4.69, 9.17) is 5.73 Å². The zero-order valence-electron chi connectivity index (χ0n) is 11.6. The fourth-order valence-electron chi connectivity index (χ4n) is 1.77. The molecular formula is C16H16N2O2S. The largest absolute Gasteiger partial charge is 0.320 e. The molecule has 0 unspecified atom stereocenters. The average Bonchev–Trinajstić information content (AvgIpc) is 2.46. The summed E-state index contributed by atoms with van der Waals surface area (Å²) in [7, 11) is -3.57. The predicted molar refractivity (Wildman–Crippen MR) is 84.4 cm³/mol. The molecular weight excluding hydrogens is 284 g/mol. The summed E-state index contributed by atoms with van der Waals surface area (Å²) in [5.74, 6) is 5.62. The van der Waals surface area contributed by atoms with Crippen LogP contribution in [-0.4, -0.2) is 15.0 Å². The predicted octanol–water partition coefficient (Wildman–Crippen LogP) is 2.11. The van der Waals surface area contributed by atoms with Crippen molar-refractivity contribution >= 4 is 15.7 Å². The standard InChI is InChI=1S/C16H16N2O2S/c1-13-4-2-6-16(12-13)21(19,20)18-15-9-7-14(8-10-15)5-3-11-17/h2,4,6-10,12,18H,11,17H2,1H3. The lowest BCUT2D eigenvalue weighted by molar-refractivity contribution is 0.601. The lowest BCUT2D eigenvalue weighted by Crippen LogP contribution is -2.12. The van der Waals surface area contributed by atoms with E-state index in [1.54, 1.807) is 42.5 Å². The number of hydrogen-bond acceptors (Lipinski definition) is 3. The van der Waals surface area contributed by atoms with Crippen molar-refractivity contribution in [3.05, 3.63) is 59.7 Å². The van der Waals surface area contributed by atoms with Crippen LogP contribution in [0.3, 0.4) is 0 Å². The number of benzene rings is 2. The first-order chi connectivity index (χ1) is 10.0. The Kier molecular flexibility index (Phi) is 4.63. The minimum absolute atomic E-state index is 0.245. The number of aryl methyl sites for hydroxylation is 1. The quantitative estimate of drug-likeness (QED) is 0.853. The molecule has 0 spiro atoms. The van der Waals surface area contributed by atoms with Gasteiger partial charge in [-0.05, 0) is 48.9 Å².